The molecule has 21 heteroatoms. The molecule has 14 N–H and O–H groups in total. The summed E-state index contributed by atoms with van der Waals surface area (Å²) in [5.41, 5.74) is 5.91. The van der Waals surface area contributed by atoms with Crippen LogP contribution in [-0.2, 0) is 38.1 Å². The summed E-state index contributed by atoms with van der Waals surface area (Å²) in [7, 11) is 0. The van der Waals surface area contributed by atoms with E-state index in [9.17, 15) is 60.0 Å². The van der Waals surface area contributed by atoms with Gasteiger partial charge in [0.15, 0.2) is 12.6 Å². The van der Waals surface area contributed by atoms with E-state index in [-0.39, 0.29) is 25.9 Å². The minimum Gasteiger partial charge on any atom is -0.394 e. The zero-order chi connectivity index (χ0) is 36.7. The highest BCUT2D eigenvalue weighted by atomic mass is 16.7. The van der Waals surface area contributed by atoms with E-state index in [0.29, 0.717) is 0 Å². The van der Waals surface area contributed by atoms with Crippen LogP contribution in [-0.4, -0.2) is 182 Å². The Morgan fingerprint density at radius 3 is 1.84 bits per heavy atom. The van der Waals surface area contributed by atoms with Crippen molar-refractivity contribution in [3.05, 3.63) is 0 Å². The Balaban J connectivity index is 1.93. The maximum absolute atomic E-state index is 13.0. The second kappa shape index (κ2) is 18.0. The molecule has 1 aliphatic carbocycles. The van der Waals surface area contributed by atoms with Gasteiger partial charge in [-0.15, -0.1) is 0 Å². The number of amides is 4. The lowest BCUT2D eigenvalue weighted by Crippen LogP contribution is -2.70. The van der Waals surface area contributed by atoms with Crippen molar-refractivity contribution in [3.8, 4) is 0 Å². The van der Waals surface area contributed by atoms with E-state index in [4.69, 9.17) is 24.7 Å². The molecule has 2 heterocycles. The molecule has 3 rings (SSSR count). The summed E-state index contributed by atoms with van der Waals surface area (Å²) in [5, 5.41) is 94.5. The van der Waals surface area contributed by atoms with Crippen LogP contribution in [0.2, 0.25) is 0 Å². The van der Waals surface area contributed by atoms with Crippen molar-refractivity contribution in [2.24, 2.45) is 5.73 Å². The van der Waals surface area contributed by atoms with Crippen molar-refractivity contribution in [3.63, 3.8) is 0 Å². The van der Waals surface area contributed by atoms with Crippen LogP contribution in [0.3, 0.4) is 0 Å². The Kier molecular flexibility index (Phi) is 15.0. The highest BCUT2D eigenvalue weighted by Crippen LogP contribution is 2.33. The van der Waals surface area contributed by atoms with Crippen LogP contribution in [0, 0.1) is 0 Å². The van der Waals surface area contributed by atoms with E-state index in [1.807, 2.05) is 0 Å². The third-order valence-electron chi connectivity index (χ3n) is 8.53. The van der Waals surface area contributed by atoms with E-state index in [1.54, 1.807) is 0 Å². The minimum atomic E-state index is -1.90. The average molecular weight is 712 g/mol. The third-order valence-corrected chi connectivity index (χ3v) is 8.53. The van der Waals surface area contributed by atoms with Gasteiger partial charge in [0, 0.05) is 33.9 Å². The van der Waals surface area contributed by atoms with Crippen LogP contribution in [0.4, 0.5) is 0 Å². The molecule has 2 saturated heterocycles. The molecule has 282 valence electrons. The third kappa shape index (κ3) is 10.4. The first-order valence-corrected chi connectivity index (χ1v) is 15.8. The molecule has 0 aromatic heterocycles. The lowest BCUT2D eigenvalue weighted by molar-refractivity contribution is -0.333. The van der Waals surface area contributed by atoms with Gasteiger partial charge in [0.25, 0.3) is 0 Å². The van der Waals surface area contributed by atoms with E-state index < -0.39 is 128 Å². The van der Waals surface area contributed by atoms with Crippen molar-refractivity contribution in [2.75, 3.05) is 19.7 Å². The topological polar surface area (TPSA) is 341 Å². The van der Waals surface area contributed by atoms with Gasteiger partial charge in [-0.25, -0.2) is 0 Å². The molecule has 0 bridgehead atoms. The Morgan fingerprint density at radius 1 is 0.735 bits per heavy atom. The summed E-state index contributed by atoms with van der Waals surface area (Å²) < 4.78 is 23.0. The lowest BCUT2D eigenvalue weighted by atomic mass is 9.82. The van der Waals surface area contributed by atoms with Gasteiger partial charge in [-0.3, -0.25) is 19.2 Å². The summed E-state index contributed by atoms with van der Waals surface area (Å²) >= 11 is 0. The number of aliphatic hydroxyl groups is 8. The quantitative estimate of drug-likeness (QED) is 0.0843. The first-order chi connectivity index (χ1) is 23.0. The second-order valence-electron chi connectivity index (χ2n) is 12.4. The summed E-state index contributed by atoms with van der Waals surface area (Å²) in [6.45, 7) is 2.49. The summed E-state index contributed by atoms with van der Waals surface area (Å²) in [6.07, 6.45) is -22.0. The van der Waals surface area contributed by atoms with Crippen LogP contribution < -0.4 is 27.0 Å². The molecule has 3 fully saturated rings. The Bertz CT molecular complexity index is 1140. The molecule has 1 saturated carbocycles. The van der Waals surface area contributed by atoms with Gasteiger partial charge in [0.05, 0.1) is 24.7 Å². The van der Waals surface area contributed by atoms with Crippen molar-refractivity contribution in [2.45, 2.75) is 131 Å². The van der Waals surface area contributed by atoms with Crippen molar-refractivity contribution < 1.29 is 79.0 Å². The van der Waals surface area contributed by atoms with Crippen LogP contribution >= 0.6 is 0 Å². The molecule has 16 atom stereocenters. The number of rotatable bonds is 13. The molecule has 3 aliphatic rings. The van der Waals surface area contributed by atoms with Crippen molar-refractivity contribution in [1.82, 2.24) is 21.3 Å². The molecule has 49 heavy (non-hydrogen) atoms. The number of hydrogen-bond donors (Lipinski definition) is 13. The number of aliphatic hydroxyl groups excluding tert-OH is 8. The zero-order valence-electron chi connectivity index (χ0n) is 27.2. The molecule has 0 aromatic rings. The normalized spacial score (nSPS) is 40.1. The fraction of sp³-hybridized carbons (Fsp3) is 0.857. The molecule has 0 radical (unpaired) electrons. The molecule has 0 aromatic carbocycles. The molecule has 4 amide bonds. The number of carbonyl (C=O) groups is 4. The Hall–Kier alpha value is -2.64. The van der Waals surface area contributed by atoms with E-state index in [2.05, 4.69) is 21.3 Å². The fourth-order valence-corrected chi connectivity index (χ4v) is 5.87. The van der Waals surface area contributed by atoms with Gasteiger partial charge >= 0.3 is 0 Å². The van der Waals surface area contributed by atoms with Gasteiger partial charge in [-0.2, -0.15) is 0 Å². The Morgan fingerprint density at radius 2 is 1.29 bits per heavy atom. The maximum atomic E-state index is 13.0. The maximum Gasteiger partial charge on any atom is 0.249 e. The van der Waals surface area contributed by atoms with Gasteiger partial charge in [-0.05, 0) is 12.8 Å². The molecular formula is C28H49N5O16. The molecule has 16 unspecified atom stereocenters. The number of hydrogen-bond acceptors (Lipinski definition) is 17. The van der Waals surface area contributed by atoms with E-state index in [1.165, 1.54) is 13.8 Å². The lowest BCUT2D eigenvalue weighted by Gasteiger charge is -2.49. The van der Waals surface area contributed by atoms with Crippen LogP contribution in [0.5, 0.6) is 0 Å². The van der Waals surface area contributed by atoms with Crippen molar-refractivity contribution >= 4 is 23.6 Å². The highest BCUT2D eigenvalue weighted by molar-refractivity contribution is 5.81. The molecule has 0 spiro atoms. The Labute approximate surface area is 281 Å². The number of nitrogens with two attached hydrogens (primary N) is 1. The zero-order valence-corrected chi connectivity index (χ0v) is 27.2. The average Bonchev–Trinajstić information content (AvgIpc) is 3.03. The monoisotopic (exact) mass is 711 g/mol. The SMILES string of the molecule is CC(=O)NCCC(O)C(=O)NC1CC(NC(C)=O)C(OC2OC(CNC(C)=O)C(O)C(O)C2O)C(O)C1OC1OC(CO)C(O)C(N)C1O. The van der Waals surface area contributed by atoms with Crippen molar-refractivity contribution in [1.29, 1.82) is 0 Å². The molecule has 2 aliphatic heterocycles. The van der Waals surface area contributed by atoms with Gasteiger partial charge < -0.3 is 86.8 Å². The van der Waals surface area contributed by atoms with Gasteiger partial charge in [0.2, 0.25) is 23.6 Å². The highest BCUT2D eigenvalue weighted by Gasteiger charge is 2.53. The number of nitrogens with one attached hydrogen (secondary N) is 4. The fourth-order valence-electron chi connectivity index (χ4n) is 5.87. The summed E-state index contributed by atoms with van der Waals surface area (Å²) in [4.78, 5) is 47.9. The number of ether oxygens (including phenoxy) is 4. The largest absolute Gasteiger partial charge is 0.394 e. The smallest absolute Gasteiger partial charge is 0.249 e. The molecular weight excluding hydrogens is 662 g/mol. The first-order valence-electron chi connectivity index (χ1n) is 15.8. The summed E-state index contributed by atoms with van der Waals surface area (Å²) in [5.74, 6) is -2.47. The standard InChI is InChI=1S/C28H49N5O16/c1-9(35)30-5-4-14(38)26(45)33-13-6-12(32-11(3)37)24(49-28-22(43)21(42)19(40)15(46-28)7-31-10(2)36)23(44)25(13)48-27-20(41)17(29)18(39)16(8-34)47-27/h12-25,27-28,34,38-44H,4-8,29H2,1-3H3,(H,30,35)(H,31,36)(H,32,37)(H,33,45). The van der Waals surface area contributed by atoms with E-state index in [0.717, 1.165) is 6.92 Å². The van der Waals surface area contributed by atoms with Crippen LogP contribution in [0.25, 0.3) is 0 Å². The first kappa shape index (κ1) is 40.8. The van der Waals surface area contributed by atoms with Crippen LogP contribution in [0.15, 0.2) is 0 Å². The van der Waals surface area contributed by atoms with Crippen LogP contribution in [0.1, 0.15) is 33.6 Å². The van der Waals surface area contributed by atoms with Gasteiger partial charge in [-0.1, -0.05) is 0 Å². The van der Waals surface area contributed by atoms with Gasteiger partial charge in [0.1, 0.15) is 67.1 Å². The number of carbonyl (C=O) groups excluding carboxylic acids is 4. The van der Waals surface area contributed by atoms with E-state index >= 15 is 0 Å². The predicted molar refractivity (Wildman–Crippen MR) is 160 cm³/mol. The minimum absolute atomic E-state index is 0.0559. The predicted octanol–water partition coefficient (Wildman–Crippen LogP) is -7.89. The second-order valence-corrected chi connectivity index (χ2v) is 12.4. The summed E-state index contributed by atoms with van der Waals surface area (Å²) in [6, 6.07) is -3.86. The molecule has 21 nitrogen and oxygen atoms in total.